The van der Waals surface area contributed by atoms with Gasteiger partial charge in [-0.1, -0.05) is 12.1 Å². The van der Waals surface area contributed by atoms with Crippen LogP contribution < -0.4 is 5.32 Å². The van der Waals surface area contributed by atoms with E-state index in [9.17, 15) is 18.0 Å². The third kappa shape index (κ3) is 2.94. The molecule has 1 aromatic rings. The van der Waals surface area contributed by atoms with Gasteiger partial charge in [0.2, 0.25) is 0 Å². The van der Waals surface area contributed by atoms with E-state index in [2.05, 4.69) is 5.32 Å². The van der Waals surface area contributed by atoms with Gasteiger partial charge in [0, 0.05) is 12.8 Å². The van der Waals surface area contributed by atoms with Crippen LogP contribution in [0.15, 0.2) is 24.3 Å². The van der Waals surface area contributed by atoms with Crippen LogP contribution in [-0.2, 0) is 20.2 Å². The van der Waals surface area contributed by atoms with Crippen molar-refractivity contribution in [2.45, 2.75) is 12.5 Å². The predicted molar refractivity (Wildman–Crippen MR) is 78.5 cm³/mol. The zero-order valence-corrected chi connectivity index (χ0v) is 13.0. The number of rotatable bonds is 4. The molecule has 1 heterocycles. The number of carbonyl (C=O) groups is 2. The number of amides is 3. The zero-order valence-electron chi connectivity index (χ0n) is 12.2. The summed E-state index contributed by atoms with van der Waals surface area (Å²) in [5, 5.41) is 11.5. The lowest BCUT2D eigenvalue weighted by molar-refractivity contribution is -0.130. The maximum atomic E-state index is 12.5. The Morgan fingerprint density at radius 1 is 1.36 bits per heavy atom. The van der Waals surface area contributed by atoms with Crippen molar-refractivity contribution >= 4 is 21.8 Å². The molecular formula is C14H15N3O4S. The number of hydrogen-bond donors (Lipinski definition) is 1. The summed E-state index contributed by atoms with van der Waals surface area (Å²) in [6.07, 6.45) is 1.04. The highest BCUT2D eigenvalue weighted by molar-refractivity contribution is 7.90. The van der Waals surface area contributed by atoms with E-state index in [4.69, 9.17) is 5.26 Å². The third-order valence-electron chi connectivity index (χ3n) is 3.53. The maximum Gasteiger partial charge on any atom is 0.325 e. The molecule has 116 valence electrons. The van der Waals surface area contributed by atoms with Gasteiger partial charge in [0.25, 0.3) is 5.91 Å². The molecule has 1 aromatic carbocycles. The van der Waals surface area contributed by atoms with Crippen molar-refractivity contribution in [3.8, 4) is 6.07 Å². The van der Waals surface area contributed by atoms with Gasteiger partial charge in [-0.3, -0.25) is 9.69 Å². The first-order valence-corrected chi connectivity index (χ1v) is 8.56. The van der Waals surface area contributed by atoms with Gasteiger partial charge >= 0.3 is 6.03 Å². The number of hydrogen-bond acceptors (Lipinski definition) is 5. The Morgan fingerprint density at radius 3 is 2.64 bits per heavy atom. The molecule has 8 heteroatoms. The number of sulfone groups is 1. The van der Waals surface area contributed by atoms with Crippen LogP contribution in [0.3, 0.4) is 0 Å². The summed E-state index contributed by atoms with van der Waals surface area (Å²) in [7, 11) is -3.29. The van der Waals surface area contributed by atoms with Gasteiger partial charge in [-0.2, -0.15) is 5.26 Å². The normalized spacial score (nSPS) is 21.6. The Balaban J connectivity index is 2.31. The number of benzene rings is 1. The molecule has 1 fully saturated rings. The number of nitrogens with one attached hydrogen (secondary N) is 1. The van der Waals surface area contributed by atoms with Crippen LogP contribution in [0.25, 0.3) is 0 Å². The van der Waals surface area contributed by atoms with Gasteiger partial charge in [-0.05, 0) is 24.6 Å². The highest BCUT2D eigenvalue weighted by Crippen LogP contribution is 2.29. The molecule has 2 rings (SSSR count). The second-order valence-corrected chi connectivity index (χ2v) is 7.59. The van der Waals surface area contributed by atoms with Crippen LogP contribution in [0, 0.1) is 11.3 Å². The van der Waals surface area contributed by atoms with Crippen LogP contribution in [0.2, 0.25) is 0 Å². The van der Waals surface area contributed by atoms with E-state index in [-0.39, 0.29) is 12.3 Å². The first-order valence-electron chi connectivity index (χ1n) is 6.50. The lowest BCUT2D eigenvalue weighted by atomic mass is 9.91. The molecule has 1 saturated heterocycles. The summed E-state index contributed by atoms with van der Waals surface area (Å²) >= 11 is 0. The molecule has 0 unspecified atom stereocenters. The van der Waals surface area contributed by atoms with Crippen molar-refractivity contribution in [3.05, 3.63) is 35.4 Å². The Morgan fingerprint density at radius 2 is 2.05 bits per heavy atom. The summed E-state index contributed by atoms with van der Waals surface area (Å²) in [4.78, 5) is 25.4. The Hall–Kier alpha value is -2.40. The van der Waals surface area contributed by atoms with Crippen molar-refractivity contribution in [3.63, 3.8) is 0 Å². The first-order chi connectivity index (χ1) is 10.2. The van der Waals surface area contributed by atoms with Crippen LogP contribution in [-0.4, -0.2) is 43.8 Å². The van der Waals surface area contributed by atoms with E-state index in [0.29, 0.717) is 11.1 Å². The van der Waals surface area contributed by atoms with Gasteiger partial charge in [0.1, 0.15) is 15.4 Å². The number of urea groups is 1. The zero-order chi connectivity index (χ0) is 16.5. The molecule has 0 aliphatic carbocycles. The Kier molecular flexibility index (Phi) is 3.94. The molecule has 0 spiro atoms. The average Bonchev–Trinajstić information content (AvgIpc) is 2.67. The van der Waals surface area contributed by atoms with Gasteiger partial charge in [-0.25, -0.2) is 13.2 Å². The van der Waals surface area contributed by atoms with E-state index in [1.54, 1.807) is 18.2 Å². The summed E-state index contributed by atoms with van der Waals surface area (Å²) in [5.41, 5.74) is -0.455. The topological polar surface area (TPSA) is 107 Å². The third-order valence-corrected chi connectivity index (χ3v) is 4.45. The molecule has 22 heavy (non-hydrogen) atoms. The SMILES string of the molecule is C[C@@]1(c2cccc(C#N)c2)NC(=O)N(CCS(C)(=O)=O)C1=O. The molecule has 0 radical (unpaired) electrons. The smallest absolute Gasteiger partial charge is 0.319 e. The molecule has 0 bridgehead atoms. The van der Waals surface area contributed by atoms with Gasteiger partial charge in [-0.15, -0.1) is 0 Å². The Labute approximate surface area is 128 Å². The van der Waals surface area contributed by atoms with Crippen LogP contribution >= 0.6 is 0 Å². The molecule has 1 N–H and O–H groups in total. The second kappa shape index (κ2) is 5.42. The van der Waals surface area contributed by atoms with Crippen molar-refractivity contribution in [2.75, 3.05) is 18.6 Å². The standard InChI is InChI=1S/C14H15N3O4S/c1-14(11-5-3-4-10(8-11)9-15)12(18)17(13(19)16-14)6-7-22(2,20)21/h3-5,8H,6-7H2,1-2H3,(H,16,19)/t14-/m0/s1. The maximum absolute atomic E-state index is 12.5. The summed E-state index contributed by atoms with van der Waals surface area (Å²) in [6.45, 7) is 1.33. The van der Waals surface area contributed by atoms with Gasteiger partial charge in [0.15, 0.2) is 0 Å². The molecule has 0 aromatic heterocycles. The monoisotopic (exact) mass is 321 g/mol. The second-order valence-electron chi connectivity index (χ2n) is 5.33. The number of imide groups is 1. The summed E-state index contributed by atoms with van der Waals surface area (Å²) < 4.78 is 22.4. The number of nitriles is 1. The van der Waals surface area contributed by atoms with E-state index < -0.39 is 27.3 Å². The van der Waals surface area contributed by atoms with E-state index in [1.807, 2.05) is 6.07 Å². The first kappa shape index (κ1) is 16.0. The molecule has 1 aliphatic heterocycles. The molecule has 1 aliphatic rings. The van der Waals surface area contributed by atoms with Crippen molar-refractivity contribution < 1.29 is 18.0 Å². The van der Waals surface area contributed by atoms with E-state index in [1.165, 1.54) is 13.0 Å². The molecule has 3 amide bonds. The van der Waals surface area contributed by atoms with Crippen LogP contribution in [0.4, 0.5) is 4.79 Å². The minimum Gasteiger partial charge on any atom is -0.319 e. The summed E-state index contributed by atoms with van der Waals surface area (Å²) in [5.74, 6) is -0.822. The molecule has 7 nitrogen and oxygen atoms in total. The highest BCUT2D eigenvalue weighted by Gasteiger charge is 2.48. The lowest BCUT2D eigenvalue weighted by Crippen LogP contribution is -2.41. The summed E-state index contributed by atoms with van der Waals surface area (Å²) in [6, 6.07) is 7.71. The van der Waals surface area contributed by atoms with Gasteiger partial charge < -0.3 is 5.32 Å². The number of carbonyl (C=O) groups excluding carboxylic acids is 2. The minimum atomic E-state index is -3.29. The minimum absolute atomic E-state index is 0.197. The molecular weight excluding hydrogens is 306 g/mol. The fourth-order valence-electron chi connectivity index (χ4n) is 2.25. The molecule has 1 atom stereocenters. The number of nitrogens with zero attached hydrogens (tertiary/aromatic N) is 2. The Bertz CT molecular complexity index is 782. The van der Waals surface area contributed by atoms with Gasteiger partial charge in [0.05, 0.1) is 17.4 Å². The average molecular weight is 321 g/mol. The largest absolute Gasteiger partial charge is 0.325 e. The van der Waals surface area contributed by atoms with Crippen molar-refractivity contribution in [1.29, 1.82) is 5.26 Å². The van der Waals surface area contributed by atoms with E-state index >= 15 is 0 Å². The van der Waals surface area contributed by atoms with Crippen LogP contribution in [0.5, 0.6) is 0 Å². The van der Waals surface area contributed by atoms with Crippen LogP contribution in [0.1, 0.15) is 18.1 Å². The van der Waals surface area contributed by atoms with E-state index in [0.717, 1.165) is 11.2 Å². The lowest BCUT2D eigenvalue weighted by Gasteiger charge is -2.22. The van der Waals surface area contributed by atoms with Crippen molar-refractivity contribution in [2.24, 2.45) is 0 Å². The quantitative estimate of drug-likeness (QED) is 0.806. The van der Waals surface area contributed by atoms with Crippen molar-refractivity contribution in [1.82, 2.24) is 10.2 Å². The molecule has 0 saturated carbocycles. The predicted octanol–water partition coefficient (Wildman–Crippen LogP) is 0.370. The highest BCUT2D eigenvalue weighted by atomic mass is 32.2. The fraction of sp³-hybridized carbons (Fsp3) is 0.357. The fourth-order valence-corrected chi connectivity index (χ4v) is 2.77.